The molecule has 0 radical (unpaired) electrons. The summed E-state index contributed by atoms with van der Waals surface area (Å²) in [5.74, 6) is 0.349. The second-order valence-corrected chi connectivity index (χ2v) is 4.36. The summed E-state index contributed by atoms with van der Waals surface area (Å²) in [7, 11) is 0. The fourth-order valence-corrected chi connectivity index (χ4v) is 2.02. The second kappa shape index (κ2) is 6.38. The zero-order valence-corrected chi connectivity index (χ0v) is 11.0. The Kier molecular flexibility index (Phi) is 4.57. The molecule has 0 atom stereocenters. The van der Waals surface area contributed by atoms with Crippen molar-refractivity contribution in [3.05, 3.63) is 24.2 Å². The minimum Gasteiger partial charge on any atom is -0.461 e. The van der Waals surface area contributed by atoms with Crippen LogP contribution >= 0.6 is 0 Å². The van der Waals surface area contributed by atoms with Gasteiger partial charge in [0.05, 0.1) is 19.4 Å². The maximum atomic E-state index is 11.9. The lowest BCUT2D eigenvalue weighted by Crippen LogP contribution is -2.50. The van der Waals surface area contributed by atoms with Crippen molar-refractivity contribution in [3.63, 3.8) is 0 Å². The Hall–Kier alpha value is -1.82. The van der Waals surface area contributed by atoms with Crippen LogP contribution in [0.3, 0.4) is 0 Å². The van der Waals surface area contributed by atoms with E-state index < -0.39 is 0 Å². The van der Waals surface area contributed by atoms with Gasteiger partial charge in [0.1, 0.15) is 0 Å². The first-order valence-corrected chi connectivity index (χ1v) is 6.41. The lowest BCUT2D eigenvalue weighted by molar-refractivity contribution is 0.0721. The van der Waals surface area contributed by atoms with Crippen molar-refractivity contribution in [3.8, 4) is 0 Å². The molecule has 19 heavy (non-hydrogen) atoms. The highest BCUT2D eigenvalue weighted by atomic mass is 16.6. The third kappa shape index (κ3) is 3.57. The minimum absolute atomic E-state index is 0.0328. The first-order chi connectivity index (χ1) is 9.20. The Balaban J connectivity index is 1.77. The average molecular weight is 266 g/mol. The molecule has 0 unspecified atom stereocenters. The molecular formula is C13H18N2O4. The van der Waals surface area contributed by atoms with Crippen LogP contribution in [0.1, 0.15) is 17.5 Å². The predicted molar refractivity (Wildman–Crippen MR) is 68.1 cm³/mol. The van der Waals surface area contributed by atoms with Crippen LogP contribution in [0.15, 0.2) is 22.8 Å². The average Bonchev–Trinajstić information content (AvgIpc) is 2.94. The van der Waals surface area contributed by atoms with E-state index in [1.807, 2.05) is 4.90 Å². The number of nitrogens with zero attached hydrogens (tertiary/aromatic N) is 2. The van der Waals surface area contributed by atoms with Crippen LogP contribution in [0, 0.1) is 0 Å². The summed E-state index contributed by atoms with van der Waals surface area (Å²) in [5.41, 5.74) is 0. The maximum absolute atomic E-state index is 11.9. The van der Waals surface area contributed by atoms with Gasteiger partial charge >= 0.3 is 6.09 Å². The number of furan rings is 1. The monoisotopic (exact) mass is 266 g/mol. The van der Waals surface area contributed by atoms with Crippen molar-refractivity contribution in [2.24, 2.45) is 0 Å². The van der Waals surface area contributed by atoms with Gasteiger partial charge < -0.3 is 14.1 Å². The molecular weight excluding hydrogens is 248 g/mol. The fourth-order valence-electron chi connectivity index (χ4n) is 2.02. The minimum atomic E-state index is -0.278. The molecule has 0 N–H and O–H groups in total. The van der Waals surface area contributed by atoms with Crippen LogP contribution in [0.2, 0.25) is 0 Å². The number of amides is 1. The Labute approximate surface area is 111 Å². The molecule has 0 spiro atoms. The maximum Gasteiger partial charge on any atom is 0.409 e. The second-order valence-electron chi connectivity index (χ2n) is 4.36. The van der Waals surface area contributed by atoms with E-state index in [0.717, 1.165) is 0 Å². The number of ketones is 1. The normalized spacial score (nSPS) is 16.4. The highest BCUT2D eigenvalue weighted by Gasteiger charge is 2.23. The van der Waals surface area contributed by atoms with Crippen molar-refractivity contribution in [2.45, 2.75) is 6.92 Å². The zero-order chi connectivity index (χ0) is 13.7. The van der Waals surface area contributed by atoms with E-state index in [9.17, 15) is 9.59 Å². The van der Waals surface area contributed by atoms with E-state index >= 15 is 0 Å². The van der Waals surface area contributed by atoms with Gasteiger partial charge in [-0.15, -0.1) is 0 Å². The number of hydrogen-bond donors (Lipinski definition) is 0. The number of Topliss-reactive ketones (excluding diaryl/α,β-unsaturated/α-hetero) is 1. The summed E-state index contributed by atoms with van der Waals surface area (Å²) in [6, 6.07) is 3.36. The van der Waals surface area contributed by atoms with Gasteiger partial charge in [-0.05, 0) is 19.1 Å². The molecule has 0 saturated carbocycles. The van der Waals surface area contributed by atoms with Gasteiger partial charge in [-0.25, -0.2) is 4.79 Å². The van der Waals surface area contributed by atoms with Crippen molar-refractivity contribution in [1.29, 1.82) is 0 Å². The van der Waals surface area contributed by atoms with E-state index in [0.29, 0.717) is 45.1 Å². The van der Waals surface area contributed by atoms with Crippen LogP contribution in [-0.4, -0.2) is 61.0 Å². The third-order valence-electron chi connectivity index (χ3n) is 3.06. The SMILES string of the molecule is CCOC(=O)N1CCN(CC(=O)c2ccco2)CC1. The van der Waals surface area contributed by atoms with Gasteiger partial charge in [-0.1, -0.05) is 0 Å². The summed E-state index contributed by atoms with van der Waals surface area (Å²) < 4.78 is 10.0. The molecule has 1 aliphatic heterocycles. The summed E-state index contributed by atoms with van der Waals surface area (Å²) in [6.07, 6.45) is 1.21. The predicted octanol–water partition coefficient (Wildman–Crippen LogP) is 1.24. The first-order valence-electron chi connectivity index (χ1n) is 6.41. The molecule has 6 heteroatoms. The standard InChI is InChI=1S/C13H18N2O4/c1-2-18-13(17)15-7-5-14(6-8-15)10-11(16)12-4-3-9-19-12/h3-4,9H,2,5-8,10H2,1H3. The summed E-state index contributed by atoms with van der Waals surface area (Å²) >= 11 is 0. The Bertz CT molecular complexity index is 422. The van der Waals surface area contributed by atoms with E-state index in [1.54, 1.807) is 24.0 Å². The van der Waals surface area contributed by atoms with Crippen LogP contribution in [-0.2, 0) is 4.74 Å². The Morgan fingerprint density at radius 1 is 1.32 bits per heavy atom. The van der Waals surface area contributed by atoms with Crippen LogP contribution < -0.4 is 0 Å². The van der Waals surface area contributed by atoms with Gasteiger partial charge in [0, 0.05) is 26.2 Å². The topological polar surface area (TPSA) is 63.0 Å². The van der Waals surface area contributed by atoms with Crippen molar-refractivity contribution >= 4 is 11.9 Å². The molecule has 0 aromatic carbocycles. The van der Waals surface area contributed by atoms with E-state index in [4.69, 9.17) is 9.15 Å². The third-order valence-corrected chi connectivity index (χ3v) is 3.06. The molecule has 0 aliphatic carbocycles. The van der Waals surface area contributed by atoms with Crippen molar-refractivity contribution < 1.29 is 18.7 Å². The Morgan fingerprint density at radius 3 is 2.63 bits per heavy atom. The van der Waals surface area contributed by atoms with Gasteiger partial charge in [0.25, 0.3) is 0 Å². The number of piperazine rings is 1. The molecule has 6 nitrogen and oxygen atoms in total. The summed E-state index contributed by atoms with van der Waals surface area (Å²) in [5, 5.41) is 0. The Morgan fingerprint density at radius 2 is 2.05 bits per heavy atom. The van der Waals surface area contributed by atoms with Crippen LogP contribution in [0.5, 0.6) is 0 Å². The van der Waals surface area contributed by atoms with Gasteiger partial charge in [0.15, 0.2) is 5.76 Å². The zero-order valence-electron chi connectivity index (χ0n) is 11.0. The van der Waals surface area contributed by atoms with Crippen LogP contribution in [0.25, 0.3) is 0 Å². The smallest absolute Gasteiger partial charge is 0.409 e. The molecule has 1 aromatic rings. The molecule has 1 saturated heterocycles. The van der Waals surface area contributed by atoms with Crippen molar-refractivity contribution in [1.82, 2.24) is 9.80 Å². The summed E-state index contributed by atoms with van der Waals surface area (Å²) in [4.78, 5) is 27.0. The number of hydrogen-bond acceptors (Lipinski definition) is 5. The molecule has 1 aromatic heterocycles. The molecule has 1 amide bonds. The molecule has 1 fully saturated rings. The van der Waals surface area contributed by atoms with E-state index in [-0.39, 0.29) is 11.9 Å². The number of carbonyl (C=O) groups excluding carboxylic acids is 2. The molecule has 104 valence electrons. The largest absolute Gasteiger partial charge is 0.461 e. The van der Waals surface area contributed by atoms with Gasteiger partial charge in [0.2, 0.25) is 5.78 Å². The highest BCUT2D eigenvalue weighted by molar-refractivity contribution is 5.95. The molecule has 2 rings (SSSR count). The van der Waals surface area contributed by atoms with Crippen LogP contribution in [0.4, 0.5) is 4.79 Å². The number of ether oxygens (including phenoxy) is 1. The molecule has 2 heterocycles. The van der Waals surface area contributed by atoms with E-state index in [2.05, 4.69) is 0 Å². The number of carbonyl (C=O) groups is 2. The highest BCUT2D eigenvalue weighted by Crippen LogP contribution is 2.07. The summed E-state index contributed by atoms with van der Waals surface area (Å²) in [6.45, 7) is 5.02. The first kappa shape index (κ1) is 13.6. The molecule has 0 bridgehead atoms. The fraction of sp³-hybridized carbons (Fsp3) is 0.538. The number of rotatable bonds is 4. The van der Waals surface area contributed by atoms with Gasteiger partial charge in [-0.3, -0.25) is 9.69 Å². The molecule has 1 aliphatic rings. The van der Waals surface area contributed by atoms with E-state index in [1.165, 1.54) is 6.26 Å². The lowest BCUT2D eigenvalue weighted by atomic mass is 10.2. The quantitative estimate of drug-likeness (QED) is 0.767. The van der Waals surface area contributed by atoms with Crippen molar-refractivity contribution in [2.75, 3.05) is 39.3 Å². The lowest BCUT2D eigenvalue weighted by Gasteiger charge is -2.33. The van der Waals surface area contributed by atoms with Gasteiger partial charge in [-0.2, -0.15) is 0 Å².